The molecule has 0 saturated heterocycles. The molecule has 0 amide bonds. The average molecular weight is 279 g/mol. The number of rotatable bonds is 8. The summed E-state index contributed by atoms with van der Waals surface area (Å²) in [5.74, 6) is 0. The first-order valence-electron chi connectivity index (χ1n) is 8.08. The molecule has 0 N–H and O–H groups in total. The minimum Gasteiger partial charge on any atom is -0.0622 e. The van der Waals surface area contributed by atoms with Gasteiger partial charge >= 0.3 is 0 Å². The first-order chi connectivity index (χ1) is 10.2. The highest BCUT2D eigenvalue weighted by molar-refractivity contribution is 5.17. The third-order valence-corrected chi connectivity index (χ3v) is 3.96. The summed E-state index contributed by atoms with van der Waals surface area (Å²) in [4.78, 5) is 0. The lowest BCUT2D eigenvalue weighted by Crippen LogP contribution is -2.15. The van der Waals surface area contributed by atoms with Crippen LogP contribution in [-0.2, 0) is 12.8 Å². The molecule has 0 aliphatic rings. The molecule has 0 heteroatoms. The summed E-state index contributed by atoms with van der Waals surface area (Å²) in [5, 5.41) is 0. The second-order valence-corrected chi connectivity index (χ2v) is 6.59. The van der Waals surface area contributed by atoms with Gasteiger partial charge in [-0.15, -0.1) is 0 Å². The largest absolute Gasteiger partial charge is 0.0622 e. The normalized spacial score (nSPS) is 11.5. The molecule has 2 aromatic rings. The fourth-order valence-electron chi connectivity index (χ4n) is 2.81. The second kappa shape index (κ2) is 8.02. The smallest absolute Gasteiger partial charge is 0.0224 e. The molecule has 0 nitrogen and oxygen atoms in total. The van der Waals surface area contributed by atoms with E-state index in [2.05, 4.69) is 80.9 Å². The van der Waals surface area contributed by atoms with Crippen molar-refractivity contribution in [3.05, 3.63) is 78.2 Å². The van der Waals surface area contributed by atoms with E-state index in [0.29, 0.717) is 0 Å². The molecule has 0 heterocycles. The highest BCUT2D eigenvalue weighted by Crippen LogP contribution is 2.27. The SMILES string of the molecule is CC(C)([CH]CCCCc1ccccc1)Cc1ccccc1. The fourth-order valence-corrected chi connectivity index (χ4v) is 2.81. The number of benzene rings is 2. The van der Waals surface area contributed by atoms with Crippen molar-refractivity contribution in [2.75, 3.05) is 0 Å². The van der Waals surface area contributed by atoms with Crippen LogP contribution in [0.2, 0.25) is 0 Å². The average Bonchev–Trinajstić information content (AvgIpc) is 2.48. The summed E-state index contributed by atoms with van der Waals surface area (Å²) in [5.41, 5.74) is 3.18. The molecule has 0 aliphatic carbocycles. The van der Waals surface area contributed by atoms with Crippen molar-refractivity contribution in [2.45, 2.75) is 46.0 Å². The molecule has 0 fully saturated rings. The first kappa shape index (κ1) is 15.8. The summed E-state index contributed by atoms with van der Waals surface area (Å²) in [6.07, 6.45) is 8.62. The van der Waals surface area contributed by atoms with Crippen molar-refractivity contribution < 1.29 is 0 Å². The standard InChI is InChI=1S/C21H27/c1-21(2,18-20-15-8-4-9-16-20)17-11-5-10-14-19-12-6-3-7-13-19/h3-4,6-9,12-13,15-17H,5,10-11,14,18H2,1-2H3. The number of aryl methyl sites for hydroxylation is 1. The Kier molecular flexibility index (Phi) is 6.04. The molecule has 0 unspecified atom stereocenters. The Bertz CT molecular complexity index is 496. The maximum absolute atomic E-state index is 2.50. The van der Waals surface area contributed by atoms with Gasteiger partial charge in [0.1, 0.15) is 0 Å². The molecule has 0 saturated carbocycles. The number of hydrogen-bond acceptors (Lipinski definition) is 0. The molecular weight excluding hydrogens is 252 g/mol. The quantitative estimate of drug-likeness (QED) is 0.530. The molecule has 0 aromatic heterocycles. The van der Waals surface area contributed by atoms with Gasteiger partial charge in [-0.25, -0.2) is 0 Å². The van der Waals surface area contributed by atoms with Crippen LogP contribution in [0.5, 0.6) is 0 Å². The van der Waals surface area contributed by atoms with Gasteiger partial charge in [0.2, 0.25) is 0 Å². The van der Waals surface area contributed by atoms with Gasteiger partial charge in [0, 0.05) is 0 Å². The van der Waals surface area contributed by atoms with Crippen molar-refractivity contribution >= 4 is 0 Å². The zero-order chi connectivity index (χ0) is 15.0. The predicted octanol–water partition coefficient (Wildman–Crippen LogP) is 5.87. The Balaban J connectivity index is 1.65. The molecule has 111 valence electrons. The van der Waals surface area contributed by atoms with E-state index in [1.54, 1.807) is 0 Å². The molecule has 0 spiro atoms. The van der Waals surface area contributed by atoms with E-state index in [1.807, 2.05) is 0 Å². The molecule has 21 heavy (non-hydrogen) atoms. The number of hydrogen-bond donors (Lipinski definition) is 0. The Morgan fingerprint density at radius 1 is 0.762 bits per heavy atom. The van der Waals surface area contributed by atoms with Crippen molar-refractivity contribution in [3.8, 4) is 0 Å². The Hall–Kier alpha value is -1.56. The highest BCUT2D eigenvalue weighted by atomic mass is 14.2. The van der Waals surface area contributed by atoms with Gasteiger partial charge in [0.25, 0.3) is 0 Å². The predicted molar refractivity (Wildman–Crippen MR) is 92.2 cm³/mol. The Morgan fingerprint density at radius 2 is 1.33 bits per heavy atom. The van der Waals surface area contributed by atoms with Crippen molar-refractivity contribution in [2.24, 2.45) is 5.41 Å². The van der Waals surface area contributed by atoms with Gasteiger partial charge in [0.15, 0.2) is 0 Å². The Morgan fingerprint density at radius 3 is 1.95 bits per heavy atom. The minimum absolute atomic E-state index is 0.286. The number of unbranched alkanes of at least 4 members (excludes halogenated alkanes) is 2. The van der Waals surface area contributed by atoms with E-state index in [4.69, 9.17) is 0 Å². The van der Waals surface area contributed by atoms with Crippen molar-refractivity contribution in [3.63, 3.8) is 0 Å². The van der Waals surface area contributed by atoms with Crippen LogP contribution >= 0.6 is 0 Å². The van der Waals surface area contributed by atoms with Gasteiger partial charge in [0.05, 0.1) is 0 Å². The van der Waals surface area contributed by atoms with Crippen LogP contribution in [-0.4, -0.2) is 0 Å². The van der Waals surface area contributed by atoms with Gasteiger partial charge in [-0.2, -0.15) is 0 Å². The zero-order valence-corrected chi connectivity index (χ0v) is 13.4. The molecule has 0 aliphatic heterocycles. The molecular formula is C21H27. The van der Waals surface area contributed by atoms with E-state index in [0.717, 1.165) is 6.42 Å². The first-order valence-corrected chi connectivity index (χ1v) is 8.08. The van der Waals surface area contributed by atoms with Crippen LogP contribution in [0.1, 0.15) is 44.2 Å². The third-order valence-electron chi connectivity index (χ3n) is 3.96. The zero-order valence-electron chi connectivity index (χ0n) is 13.4. The molecule has 0 bridgehead atoms. The second-order valence-electron chi connectivity index (χ2n) is 6.59. The van der Waals surface area contributed by atoms with E-state index < -0.39 is 0 Å². The summed E-state index contributed by atoms with van der Waals surface area (Å²) in [7, 11) is 0. The van der Waals surface area contributed by atoms with Crippen molar-refractivity contribution in [1.29, 1.82) is 0 Å². The topological polar surface area (TPSA) is 0 Å². The van der Waals surface area contributed by atoms with Crippen LogP contribution in [0.25, 0.3) is 0 Å². The van der Waals surface area contributed by atoms with Gasteiger partial charge in [-0.3, -0.25) is 0 Å². The monoisotopic (exact) mass is 279 g/mol. The summed E-state index contributed by atoms with van der Waals surface area (Å²) in [6.45, 7) is 4.69. The molecule has 1 radical (unpaired) electrons. The maximum atomic E-state index is 2.50. The lowest BCUT2D eigenvalue weighted by molar-refractivity contribution is 0.413. The van der Waals surface area contributed by atoms with E-state index in [1.165, 1.54) is 36.8 Å². The summed E-state index contributed by atoms with van der Waals surface area (Å²) < 4.78 is 0. The minimum atomic E-state index is 0.286. The van der Waals surface area contributed by atoms with Gasteiger partial charge < -0.3 is 0 Å². The molecule has 2 rings (SSSR count). The summed E-state index contributed by atoms with van der Waals surface area (Å²) >= 11 is 0. The fraction of sp³-hybridized carbons (Fsp3) is 0.381. The van der Waals surface area contributed by atoms with Crippen LogP contribution in [0.4, 0.5) is 0 Å². The van der Waals surface area contributed by atoms with Crippen LogP contribution in [0, 0.1) is 11.8 Å². The molecule has 0 atom stereocenters. The lowest BCUT2D eigenvalue weighted by Gasteiger charge is -2.24. The highest BCUT2D eigenvalue weighted by Gasteiger charge is 2.17. The molecule has 2 aromatic carbocycles. The van der Waals surface area contributed by atoms with Crippen LogP contribution in [0.15, 0.2) is 60.7 Å². The van der Waals surface area contributed by atoms with E-state index in [9.17, 15) is 0 Å². The van der Waals surface area contributed by atoms with Crippen molar-refractivity contribution in [1.82, 2.24) is 0 Å². The Labute approximate surface area is 130 Å². The summed E-state index contributed by atoms with van der Waals surface area (Å²) in [6, 6.07) is 21.6. The van der Waals surface area contributed by atoms with Gasteiger partial charge in [-0.1, -0.05) is 80.9 Å². The van der Waals surface area contributed by atoms with Gasteiger partial charge in [-0.05, 0) is 48.6 Å². The lowest BCUT2D eigenvalue weighted by atomic mass is 9.81. The van der Waals surface area contributed by atoms with E-state index in [-0.39, 0.29) is 5.41 Å². The van der Waals surface area contributed by atoms with Crippen LogP contribution in [0.3, 0.4) is 0 Å². The van der Waals surface area contributed by atoms with E-state index >= 15 is 0 Å². The maximum Gasteiger partial charge on any atom is -0.0224 e. The third kappa shape index (κ3) is 6.16. The van der Waals surface area contributed by atoms with Crippen LogP contribution < -0.4 is 0 Å².